The minimum atomic E-state index is -0.0967. The molecule has 2 aliphatic rings. The third-order valence-corrected chi connectivity index (χ3v) is 7.20. The third kappa shape index (κ3) is 2.46. The van der Waals surface area contributed by atoms with E-state index in [0.29, 0.717) is 23.5 Å². The Bertz CT molecular complexity index is 904. The SMILES string of the molecule is COc1cccc(C(=O)N2CC[C@@]3(C)c4cccc(O)c4CC2C3(C)C)c1. The molecule has 2 aromatic carbocycles. The van der Waals surface area contributed by atoms with Crippen molar-refractivity contribution in [3.63, 3.8) is 0 Å². The first kappa shape index (κ1) is 17.9. The lowest BCUT2D eigenvalue weighted by atomic mass is 9.51. The molecular formula is C23H27NO3. The topological polar surface area (TPSA) is 49.8 Å². The molecule has 4 nitrogen and oxygen atoms in total. The van der Waals surface area contributed by atoms with Gasteiger partial charge in [-0.15, -0.1) is 0 Å². The molecule has 1 amide bonds. The van der Waals surface area contributed by atoms with Crippen LogP contribution in [0.15, 0.2) is 42.5 Å². The molecule has 4 heteroatoms. The molecule has 1 aliphatic heterocycles. The highest BCUT2D eigenvalue weighted by atomic mass is 16.5. The van der Waals surface area contributed by atoms with E-state index < -0.39 is 0 Å². The van der Waals surface area contributed by atoms with E-state index in [1.165, 1.54) is 5.56 Å². The zero-order valence-corrected chi connectivity index (χ0v) is 16.5. The number of fused-ring (bicyclic) bond motifs is 4. The number of phenols is 1. The van der Waals surface area contributed by atoms with Crippen molar-refractivity contribution in [3.8, 4) is 11.5 Å². The number of nitrogens with zero attached hydrogens (tertiary/aromatic N) is 1. The number of methoxy groups -OCH3 is 1. The monoisotopic (exact) mass is 365 g/mol. The Labute approximate surface area is 160 Å². The lowest BCUT2D eigenvalue weighted by Crippen LogP contribution is -2.64. The minimum absolute atomic E-state index is 0.0351. The standard InChI is InChI=1S/C23H27NO3/c1-22(2)20-14-17-18(9-6-10-19(17)25)23(22,3)11-12-24(20)21(26)15-7-5-8-16(13-15)27-4/h5-10,13,20,25H,11-12,14H2,1-4H3/t20?,23-/m0/s1. The van der Waals surface area contributed by atoms with Crippen LogP contribution in [-0.2, 0) is 11.8 Å². The van der Waals surface area contributed by atoms with E-state index in [0.717, 1.165) is 18.5 Å². The van der Waals surface area contributed by atoms with Gasteiger partial charge >= 0.3 is 0 Å². The second-order valence-electron chi connectivity index (χ2n) is 8.56. The molecule has 2 atom stereocenters. The summed E-state index contributed by atoms with van der Waals surface area (Å²) in [5.74, 6) is 1.07. The smallest absolute Gasteiger partial charge is 0.254 e. The predicted molar refractivity (Wildman–Crippen MR) is 105 cm³/mol. The molecule has 0 radical (unpaired) electrons. The highest BCUT2D eigenvalue weighted by Gasteiger charge is 2.57. The molecule has 1 saturated heterocycles. The van der Waals surface area contributed by atoms with E-state index in [-0.39, 0.29) is 22.8 Å². The van der Waals surface area contributed by atoms with Crippen LogP contribution in [0.2, 0.25) is 0 Å². The van der Waals surface area contributed by atoms with Gasteiger partial charge in [-0.2, -0.15) is 0 Å². The van der Waals surface area contributed by atoms with Crippen LogP contribution in [0.5, 0.6) is 11.5 Å². The number of rotatable bonds is 2. The summed E-state index contributed by atoms with van der Waals surface area (Å²) in [4.78, 5) is 15.4. The van der Waals surface area contributed by atoms with Crippen molar-refractivity contribution in [1.29, 1.82) is 0 Å². The Morgan fingerprint density at radius 3 is 2.67 bits per heavy atom. The van der Waals surface area contributed by atoms with Gasteiger partial charge in [0.15, 0.2) is 0 Å². The lowest BCUT2D eigenvalue weighted by Gasteiger charge is -2.60. The second kappa shape index (κ2) is 6.01. The van der Waals surface area contributed by atoms with Gasteiger partial charge in [0.1, 0.15) is 11.5 Å². The average Bonchev–Trinajstić information content (AvgIpc) is 2.65. The minimum Gasteiger partial charge on any atom is -0.508 e. The summed E-state index contributed by atoms with van der Waals surface area (Å²) < 4.78 is 5.29. The largest absolute Gasteiger partial charge is 0.508 e. The molecule has 2 aromatic rings. The fourth-order valence-corrected chi connectivity index (χ4v) is 5.09. The maximum absolute atomic E-state index is 13.4. The number of carbonyl (C=O) groups excluding carboxylic acids is 1. The van der Waals surface area contributed by atoms with Gasteiger partial charge in [-0.1, -0.05) is 39.0 Å². The number of phenolic OH excluding ortho intramolecular Hbond substituents is 1. The van der Waals surface area contributed by atoms with Crippen LogP contribution in [0.25, 0.3) is 0 Å². The van der Waals surface area contributed by atoms with Crippen molar-refractivity contribution in [2.45, 2.75) is 45.1 Å². The van der Waals surface area contributed by atoms with Crippen LogP contribution in [0, 0.1) is 5.41 Å². The Balaban J connectivity index is 1.77. The molecule has 0 aromatic heterocycles. The molecule has 2 bridgehead atoms. The van der Waals surface area contributed by atoms with Crippen LogP contribution < -0.4 is 4.74 Å². The van der Waals surface area contributed by atoms with Crippen LogP contribution in [-0.4, -0.2) is 35.6 Å². The van der Waals surface area contributed by atoms with Crippen molar-refractivity contribution in [2.24, 2.45) is 5.41 Å². The van der Waals surface area contributed by atoms with E-state index in [1.54, 1.807) is 19.2 Å². The summed E-state index contributed by atoms with van der Waals surface area (Å²) in [5, 5.41) is 10.5. The zero-order valence-electron chi connectivity index (χ0n) is 16.5. The highest BCUT2D eigenvalue weighted by molar-refractivity contribution is 5.95. The van der Waals surface area contributed by atoms with Crippen molar-refractivity contribution in [1.82, 2.24) is 4.90 Å². The number of likely N-dealkylation sites (tertiary alicyclic amines) is 1. The van der Waals surface area contributed by atoms with Gasteiger partial charge in [0.2, 0.25) is 0 Å². The van der Waals surface area contributed by atoms with Crippen molar-refractivity contribution in [2.75, 3.05) is 13.7 Å². The van der Waals surface area contributed by atoms with Gasteiger partial charge in [0.25, 0.3) is 5.91 Å². The number of piperidine rings is 1. The number of amides is 1. The molecule has 0 spiro atoms. The van der Waals surface area contributed by atoms with Crippen molar-refractivity contribution in [3.05, 3.63) is 59.2 Å². The summed E-state index contributed by atoms with van der Waals surface area (Å²) in [6, 6.07) is 13.2. The van der Waals surface area contributed by atoms with Gasteiger partial charge in [0.05, 0.1) is 7.11 Å². The van der Waals surface area contributed by atoms with E-state index in [1.807, 2.05) is 29.2 Å². The molecule has 4 rings (SSSR count). The summed E-state index contributed by atoms with van der Waals surface area (Å²) in [5.41, 5.74) is 2.71. The number of carbonyl (C=O) groups is 1. The molecule has 1 aliphatic carbocycles. The van der Waals surface area contributed by atoms with E-state index in [9.17, 15) is 9.90 Å². The maximum Gasteiger partial charge on any atom is 0.254 e. The Morgan fingerprint density at radius 1 is 1.19 bits per heavy atom. The van der Waals surface area contributed by atoms with Crippen LogP contribution >= 0.6 is 0 Å². The predicted octanol–water partition coefficient (Wildman–Crippen LogP) is 4.16. The van der Waals surface area contributed by atoms with Crippen LogP contribution in [0.4, 0.5) is 0 Å². The fourth-order valence-electron chi connectivity index (χ4n) is 5.09. The van der Waals surface area contributed by atoms with E-state index in [2.05, 4.69) is 26.8 Å². The maximum atomic E-state index is 13.4. The summed E-state index contributed by atoms with van der Waals surface area (Å²) >= 11 is 0. The number of aromatic hydroxyl groups is 1. The molecule has 142 valence electrons. The Kier molecular flexibility index (Phi) is 3.99. The highest BCUT2D eigenvalue weighted by Crippen LogP contribution is 2.57. The van der Waals surface area contributed by atoms with Crippen molar-refractivity contribution >= 4 is 5.91 Å². The van der Waals surface area contributed by atoms with Crippen LogP contribution in [0.1, 0.15) is 48.7 Å². The number of ether oxygens (including phenoxy) is 1. The Hall–Kier alpha value is -2.49. The summed E-state index contributed by atoms with van der Waals surface area (Å²) in [7, 11) is 1.61. The molecule has 1 fully saturated rings. The summed E-state index contributed by atoms with van der Waals surface area (Å²) in [6.07, 6.45) is 1.56. The quantitative estimate of drug-likeness (QED) is 0.869. The van der Waals surface area contributed by atoms with E-state index in [4.69, 9.17) is 4.74 Å². The summed E-state index contributed by atoms with van der Waals surface area (Å²) in [6.45, 7) is 7.52. The molecule has 1 N–H and O–H groups in total. The van der Waals surface area contributed by atoms with Gasteiger partial charge in [-0.05, 0) is 53.6 Å². The molecule has 1 heterocycles. The van der Waals surface area contributed by atoms with Crippen LogP contribution in [0.3, 0.4) is 0 Å². The number of hydrogen-bond acceptors (Lipinski definition) is 3. The Morgan fingerprint density at radius 2 is 1.93 bits per heavy atom. The first-order valence-electron chi connectivity index (χ1n) is 9.56. The first-order chi connectivity index (χ1) is 12.8. The molecule has 1 unspecified atom stereocenters. The van der Waals surface area contributed by atoms with Gasteiger partial charge < -0.3 is 14.7 Å². The van der Waals surface area contributed by atoms with E-state index >= 15 is 0 Å². The van der Waals surface area contributed by atoms with Gasteiger partial charge in [-0.25, -0.2) is 0 Å². The number of hydrogen-bond donors (Lipinski definition) is 1. The molecule has 27 heavy (non-hydrogen) atoms. The molecule has 0 saturated carbocycles. The van der Waals surface area contributed by atoms with Gasteiger partial charge in [0, 0.05) is 23.6 Å². The first-order valence-corrected chi connectivity index (χ1v) is 9.56. The normalized spacial score (nSPS) is 25.6. The second-order valence-corrected chi connectivity index (χ2v) is 8.56. The zero-order chi connectivity index (χ0) is 19.4. The number of benzene rings is 2. The molecular weight excluding hydrogens is 338 g/mol. The lowest BCUT2D eigenvalue weighted by molar-refractivity contribution is -0.0266. The average molecular weight is 365 g/mol. The van der Waals surface area contributed by atoms with Crippen molar-refractivity contribution < 1.29 is 14.6 Å². The fraction of sp³-hybridized carbons (Fsp3) is 0.435. The third-order valence-electron chi connectivity index (χ3n) is 7.20. The van der Waals surface area contributed by atoms with Gasteiger partial charge in [-0.3, -0.25) is 4.79 Å².